The number of nitrogens with two attached hydrogens (primary N) is 1. The molecule has 1 heterocycles. The molecule has 0 saturated carbocycles. The summed E-state index contributed by atoms with van der Waals surface area (Å²) in [5.41, 5.74) is 2.82. The van der Waals surface area contributed by atoms with Gasteiger partial charge in [0.25, 0.3) is 0 Å². The fourth-order valence-electron chi connectivity index (χ4n) is 1.75. The van der Waals surface area contributed by atoms with Crippen LogP contribution in [0.15, 0.2) is 16.5 Å². The number of aryl methyl sites for hydroxylation is 1. The summed E-state index contributed by atoms with van der Waals surface area (Å²) in [4.78, 5) is 0. The predicted molar refractivity (Wildman–Crippen MR) is 63.8 cm³/mol. The topological polar surface area (TPSA) is 60.4 Å². The first-order chi connectivity index (χ1) is 7.72. The molecule has 1 aromatic heterocycles. The van der Waals surface area contributed by atoms with Crippen molar-refractivity contribution in [2.24, 2.45) is 11.8 Å². The van der Waals surface area contributed by atoms with Crippen molar-refractivity contribution >= 4 is 0 Å². The molecule has 0 radical (unpaired) electrons. The number of hydrogen-bond acceptors (Lipinski definition) is 4. The third-order valence-electron chi connectivity index (χ3n) is 2.86. The quantitative estimate of drug-likeness (QED) is 0.551. The molecule has 0 aliphatic heterocycles. The minimum absolute atomic E-state index is 0.0513. The van der Waals surface area contributed by atoms with Gasteiger partial charge in [-0.05, 0) is 24.5 Å². The average Bonchev–Trinajstić information content (AvgIpc) is 2.76. The van der Waals surface area contributed by atoms with E-state index in [-0.39, 0.29) is 6.04 Å². The largest absolute Gasteiger partial charge is 0.464 e. The highest BCUT2D eigenvalue weighted by molar-refractivity contribution is 5.11. The van der Waals surface area contributed by atoms with Gasteiger partial charge in [-0.3, -0.25) is 5.84 Å². The molecular formula is C12H22N2O2. The summed E-state index contributed by atoms with van der Waals surface area (Å²) in [6.07, 6.45) is 1.86. The molecule has 0 aliphatic carbocycles. The summed E-state index contributed by atoms with van der Waals surface area (Å²) in [5.74, 6) is 7.85. The first-order valence-electron chi connectivity index (χ1n) is 5.76. The van der Waals surface area contributed by atoms with Gasteiger partial charge in [0, 0.05) is 20.1 Å². The molecule has 2 atom stereocenters. The van der Waals surface area contributed by atoms with E-state index in [0.717, 1.165) is 31.0 Å². The Bertz CT molecular complexity index is 299. The Balaban J connectivity index is 2.65. The highest BCUT2D eigenvalue weighted by Crippen LogP contribution is 2.25. The minimum atomic E-state index is 0.0513. The first-order valence-corrected chi connectivity index (χ1v) is 5.76. The van der Waals surface area contributed by atoms with Crippen LogP contribution >= 0.6 is 0 Å². The Labute approximate surface area is 97.1 Å². The van der Waals surface area contributed by atoms with Crippen molar-refractivity contribution in [3.8, 4) is 0 Å². The number of methoxy groups -OCH3 is 1. The molecular weight excluding hydrogens is 204 g/mol. The third-order valence-corrected chi connectivity index (χ3v) is 2.86. The summed E-state index contributed by atoms with van der Waals surface area (Å²) in [7, 11) is 1.71. The molecule has 16 heavy (non-hydrogen) atoms. The van der Waals surface area contributed by atoms with Gasteiger partial charge >= 0.3 is 0 Å². The summed E-state index contributed by atoms with van der Waals surface area (Å²) in [6, 6.07) is 4.05. The summed E-state index contributed by atoms with van der Waals surface area (Å²) < 4.78 is 10.8. The van der Waals surface area contributed by atoms with Crippen LogP contribution < -0.4 is 11.3 Å². The Morgan fingerprint density at radius 3 is 2.75 bits per heavy atom. The lowest BCUT2D eigenvalue weighted by molar-refractivity contribution is 0.166. The van der Waals surface area contributed by atoms with Crippen LogP contribution in [0.4, 0.5) is 0 Å². The van der Waals surface area contributed by atoms with E-state index >= 15 is 0 Å². The van der Waals surface area contributed by atoms with Gasteiger partial charge in [-0.2, -0.15) is 0 Å². The van der Waals surface area contributed by atoms with Crippen LogP contribution in [0.1, 0.15) is 37.8 Å². The molecule has 4 nitrogen and oxygen atoms in total. The zero-order valence-electron chi connectivity index (χ0n) is 10.3. The van der Waals surface area contributed by atoms with Crippen LogP contribution in [0.2, 0.25) is 0 Å². The lowest BCUT2D eigenvalue weighted by atomic mass is 9.97. The molecule has 1 rings (SSSR count). The van der Waals surface area contributed by atoms with Gasteiger partial charge in [0.05, 0.1) is 6.04 Å². The molecule has 1 aromatic rings. The second-order valence-electron chi connectivity index (χ2n) is 4.06. The van der Waals surface area contributed by atoms with E-state index < -0.39 is 0 Å². The highest BCUT2D eigenvalue weighted by Gasteiger charge is 2.20. The fraction of sp³-hybridized carbons (Fsp3) is 0.667. The maximum Gasteiger partial charge on any atom is 0.122 e. The van der Waals surface area contributed by atoms with Gasteiger partial charge in [-0.15, -0.1) is 0 Å². The molecule has 0 amide bonds. The number of hydrazine groups is 1. The maximum absolute atomic E-state index is 5.70. The summed E-state index contributed by atoms with van der Waals surface area (Å²) >= 11 is 0. The molecule has 0 saturated heterocycles. The zero-order chi connectivity index (χ0) is 12.0. The van der Waals surface area contributed by atoms with Gasteiger partial charge < -0.3 is 9.15 Å². The fourth-order valence-corrected chi connectivity index (χ4v) is 1.75. The SMILES string of the molecule is CCc1ccc(C(NN)C(C)CCOC)o1. The van der Waals surface area contributed by atoms with Gasteiger partial charge in [0.15, 0.2) is 0 Å². The molecule has 2 unspecified atom stereocenters. The van der Waals surface area contributed by atoms with Crippen molar-refractivity contribution < 1.29 is 9.15 Å². The van der Waals surface area contributed by atoms with E-state index in [0.29, 0.717) is 5.92 Å². The van der Waals surface area contributed by atoms with Crippen molar-refractivity contribution in [2.45, 2.75) is 32.7 Å². The second-order valence-corrected chi connectivity index (χ2v) is 4.06. The summed E-state index contributed by atoms with van der Waals surface area (Å²) in [6.45, 7) is 4.94. The van der Waals surface area contributed by atoms with Crippen molar-refractivity contribution in [3.05, 3.63) is 23.7 Å². The van der Waals surface area contributed by atoms with E-state index in [4.69, 9.17) is 15.0 Å². The van der Waals surface area contributed by atoms with Crippen LogP contribution in [0.25, 0.3) is 0 Å². The normalized spacial score (nSPS) is 15.0. The van der Waals surface area contributed by atoms with Crippen LogP contribution in [0.5, 0.6) is 0 Å². The number of ether oxygens (including phenoxy) is 1. The van der Waals surface area contributed by atoms with Gasteiger partial charge in [-0.1, -0.05) is 13.8 Å². The van der Waals surface area contributed by atoms with E-state index in [1.165, 1.54) is 0 Å². The van der Waals surface area contributed by atoms with E-state index in [9.17, 15) is 0 Å². The zero-order valence-corrected chi connectivity index (χ0v) is 10.3. The van der Waals surface area contributed by atoms with E-state index in [1.807, 2.05) is 12.1 Å². The third kappa shape index (κ3) is 3.33. The van der Waals surface area contributed by atoms with Crippen molar-refractivity contribution in [2.75, 3.05) is 13.7 Å². The summed E-state index contributed by atoms with van der Waals surface area (Å²) in [5, 5.41) is 0. The van der Waals surface area contributed by atoms with E-state index in [1.54, 1.807) is 7.11 Å². The minimum Gasteiger partial charge on any atom is -0.464 e. The van der Waals surface area contributed by atoms with Crippen molar-refractivity contribution in [3.63, 3.8) is 0 Å². The predicted octanol–water partition coefficient (Wildman–Crippen LogP) is 2.02. The average molecular weight is 226 g/mol. The number of rotatable bonds is 7. The van der Waals surface area contributed by atoms with Crippen LogP contribution in [-0.4, -0.2) is 13.7 Å². The molecule has 4 heteroatoms. The number of hydrogen-bond donors (Lipinski definition) is 2. The molecule has 0 bridgehead atoms. The Kier molecular flexibility index (Phi) is 5.52. The number of furan rings is 1. The van der Waals surface area contributed by atoms with Gasteiger partial charge in [-0.25, -0.2) is 5.43 Å². The van der Waals surface area contributed by atoms with Crippen molar-refractivity contribution in [1.29, 1.82) is 0 Å². The van der Waals surface area contributed by atoms with Crippen LogP contribution in [0.3, 0.4) is 0 Å². The molecule has 0 aliphatic rings. The number of nitrogens with one attached hydrogen (secondary N) is 1. The van der Waals surface area contributed by atoms with Gasteiger partial charge in [0.1, 0.15) is 11.5 Å². The maximum atomic E-state index is 5.70. The second kappa shape index (κ2) is 6.68. The molecule has 3 N–H and O–H groups in total. The Hall–Kier alpha value is -0.840. The Morgan fingerprint density at radius 1 is 1.50 bits per heavy atom. The van der Waals surface area contributed by atoms with Crippen LogP contribution in [-0.2, 0) is 11.2 Å². The molecule has 92 valence electrons. The van der Waals surface area contributed by atoms with Crippen molar-refractivity contribution in [1.82, 2.24) is 5.43 Å². The first kappa shape index (κ1) is 13.2. The van der Waals surface area contributed by atoms with Crippen LogP contribution in [0, 0.1) is 5.92 Å². The Morgan fingerprint density at radius 2 is 2.25 bits per heavy atom. The molecule has 0 fully saturated rings. The van der Waals surface area contributed by atoms with E-state index in [2.05, 4.69) is 19.3 Å². The molecule has 0 spiro atoms. The van der Waals surface area contributed by atoms with Gasteiger partial charge in [0.2, 0.25) is 0 Å². The smallest absolute Gasteiger partial charge is 0.122 e. The lowest BCUT2D eigenvalue weighted by Gasteiger charge is -2.20. The standard InChI is InChI=1S/C12H22N2O2/c1-4-10-5-6-11(16-10)12(14-13)9(2)7-8-15-3/h5-6,9,12,14H,4,7-8,13H2,1-3H3. The lowest BCUT2D eigenvalue weighted by Crippen LogP contribution is -2.32. The molecule has 0 aromatic carbocycles. The highest BCUT2D eigenvalue weighted by atomic mass is 16.5. The monoisotopic (exact) mass is 226 g/mol.